The summed E-state index contributed by atoms with van der Waals surface area (Å²) in [6.45, 7) is 6.05. The molecule has 0 aliphatic carbocycles. The minimum absolute atomic E-state index is 0. The number of carbonyl (C=O) groups is 1. The molecule has 2 aliphatic rings. The van der Waals surface area contributed by atoms with Gasteiger partial charge < -0.3 is 45.8 Å². The van der Waals surface area contributed by atoms with Crippen molar-refractivity contribution >= 4 is 38.3 Å². The summed E-state index contributed by atoms with van der Waals surface area (Å²) in [5, 5.41) is 43.5. The smallest absolute Gasteiger partial charge is 1.00 e. The van der Waals surface area contributed by atoms with Crippen molar-refractivity contribution in [3.05, 3.63) is 203 Å². The Hall–Kier alpha value is -1.52. The molecule has 3 N–H and O–H groups in total. The van der Waals surface area contributed by atoms with Gasteiger partial charge in [0, 0.05) is 69.7 Å². The maximum Gasteiger partial charge on any atom is 1.00 e. The Balaban J connectivity index is 0.000000852. The van der Waals surface area contributed by atoms with Gasteiger partial charge in [0.2, 0.25) is 0 Å². The minimum Gasteiger partial charge on any atom is -1.00 e. The number of nitrogens with zero attached hydrogens (tertiary/aromatic N) is 4. The normalized spacial score (nSPS) is 17.3. The van der Waals surface area contributed by atoms with Gasteiger partial charge in [-0.05, 0) is 66.3 Å². The summed E-state index contributed by atoms with van der Waals surface area (Å²) in [6.07, 6.45) is 1.10. The van der Waals surface area contributed by atoms with Crippen molar-refractivity contribution in [2.45, 2.75) is 79.0 Å². The predicted octanol–water partition coefficient (Wildman–Crippen LogP) is 1.59. The first-order valence-corrected chi connectivity index (χ1v) is 26.6. The van der Waals surface area contributed by atoms with E-state index in [0.717, 1.165) is 55.7 Å². The standard InChI is InChI=1S/C47H55N3O6.C7H7Br2N.C2H6O.CH2O3.2K.H/c1-53-26-28-55-42-30-44(46(51,36-16-7-3-8-17-36)37-18-9-4-10-19-37)49(34-42)32-40-24-15-25-41(48-40)33-50-35-43(56-29-27-54-2)31-45(50)47(52,38-20-11-5-12-21-38)39-22-13-6-14-23-39;8-4-6-2-1-3-7(5-9)10-6;1-2-3;2-1-4-3;;;/h3-25,42-45,51-52H,26-35H2,1-2H3;1-3H,4-5H2;3H,2H2,1H3;1,3H;;;/q;;;;2*+1;-1/p-1/t42-,43-,44+,45+;;;;;;/m1....../s1. The summed E-state index contributed by atoms with van der Waals surface area (Å²) >= 11 is 6.69. The molecule has 2 aromatic heterocycles. The summed E-state index contributed by atoms with van der Waals surface area (Å²) < 4.78 is 23.3. The number of aliphatic hydroxyl groups excluding tert-OH is 1. The van der Waals surface area contributed by atoms with Crippen LogP contribution in [0.4, 0.5) is 0 Å². The van der Waals surface area contributed by atoms with Crippen molar-refractivity contribution in [3.8, 4) is 0 Å². The van der Waals surface area contributed by atoms with Crippen LogP contribution in [0.15, 0.2) is 158 Å². The summed E-state index contributed by atoms with van der Waals surface area (Å²) in [4.78, 5) is 25.5. The quantitative estimate of drug-likeness (QED) is 0.0237. The summed E-state index contributed by atoms with van der Waals surface area (Å²) in [5.41, 5.74) is 4.74. The molecule has 0 bridgehead atoms. The van der Waals surface area contributed by atoms with Gasteiger partial charge in [0.25, 0.3) is 6.47 Å². The third kappa shape index (κ3) is 20.2. The van der Waals surface area contributed by atoms with E-state index in [1.807, 2.05) is 140 Å². The van der Waals surface area contributed by atoms with Gasteiger partial charge in [0.15, 0.2) is 0 Å². The number of aromatic nitrogens is 2. The number of hydrogen-bond donors (Lipinski definition) is 3. The number of ether oxygens (including phenoxy) is 4. The largest absolute Gasteiger partial charge is 1.00 e. The van der Waals surface area contributed by atoms with Crippen LogP contribution in [0.3, 0.4) is 0 Å². The molecule has 75 heavy (non-hydrogen) atoms. The van der Waals surface area contributed by atoms with Crippen LogP contribution in [0.1, 0.15) is 66.2 Å². The number of benzene rings is 4. The maximum absolute atomic E-state index is 12.9. The average Bonchev–Trinajstić information content (AvgIpc) is 4.05. The van der Waals surface area contributed by atoms with Gasteiger partial charge in [-0.2, -0.15) is 0 Å². The molecule has 2 aliphatic heterocycles. The van der Waals surface area contributed by atoms with Gasteiger partial charge in [-0.15, -0.1) is 0 Å². The van der Waals surface area contributed by atoms with Crippen molar-refractivity contribution in [2.75, 3.05) is 60.3 Å². The summed E-state index contributed by atoms with van der Waals surface area (Å²) in [5.74, 6) is 0. The fourth-order valence-electron chi connectivity index (χ4n) is 9.45. The Morgan fingerprint density at radius 2 is 0.867 bits per heavy atom. The van der Waals surface area contributed by atoms with Crippen molar-refractivity contribution in [1.29, 1.82) is 0 Å². The molecular weight excluding hydrogens is 1140 g/mol. The summed E-state index contributed by atoms with van der Waals surface area (Å²) in [7, 11) is 3.36. The second-order valence-corrected chi connectivity index (χ2v) is 18.5. The number of halogens is 2. The monoisotopic (exact) mass is 1210 g/mol. The Morgan fingerprint density at radius 1 is 0.573 bits per heavy atom. The average molecular weight is 1210 g/mol. The number of rotatable bonds is 21. The first kappa shape index (κ1) is 67.8. The van der Waals surface area contributed by atoms with E-state index < -0.39 is 11.2 Å². The van der Waals surface area contributed by atoms with Crippen molar-refractivity contribution in [2.24, 2.45) is 0 Å². The molecule has 4 aromatic carbocycles. The molecule has 0 radical (unpaired) electrons. The number of aliphatic hydroxyl groups is 3. The van der Waals surface area contributed by atoms with Crippen LogP contribution in [0, 0.1) is 0 Å². The Morgan fingerprint density at radius 3 is 1.15 bits per heavy atom. The zero-order chi connectivity index (χ0) is 52.3. The van der Waals surface area contributed by atoms with E-state index >= 15 is 0 Å². The van der Waals surface area contributed by atoms with Crippen LogP contribution in [-0.2, 0) is 63.6 Å². The fourth-order valence-corrected chi connectivity index (χ4v) is 10.1. The number of hydrogen-bond acceptors (Lipinski definition) is 14. The van der Waals surface area contributed by atoms with Gasteiger partial charge in [0.05, 0.1) is 61.4 Å². The van der Waals surface area contributed by atoms with E-state index in [9.17, 15) is 10.2 Å². The number of pyridine rings is 2. The number of alkyl halides is 2. The zero-order valence-electron chi connectivity index (χ0n) is 44.8. The van der Waals surface area contributed by atoms with Crippen LogP contribution in [-0.4, -0.2) is 126 Å². The Labute approximate surface area is 546 Å². The Kier molecular flexibility index (Phi) is 33.8. The third-order valence-corrected chi connectivity index (χ3v) is 13.8. The van der Waals surface area contributed by atoms with E-state index in [2.05, 4.69) is 69.7 Å². The Bertz CT molecular complexity index is 2220. The van der Waals surface area contributed by atoms with Crippen LogP contribution < -0.4 is 108 Å². The van der Waals surface area contributed by atoms with Crippen LogP contribution in [0.2, 0.25) is 0 Å². The molecule has 0 amide bonds. The van der Waals surface area contributed by atoms with E-state index in [1.54, 1.807) is 21.1 Å². The van der Waals surface area contributed by atoms with Crippen LogP contribution in [0.5, 0.6) is 0 Å². The molecule has 0 saturated carbocycles. The van der Waals surface area contributed by atoms with Gasteiger partial charge >= 0.3 is 103 Å². The number of likely N-dealkylation sites (tertiary alicyclic amines) is 2. The molecule has 4 atom stereocenters. The second kappa shape index (κ2) is 37.4. The molecular formula is C57H70Br2K2N4O10. The molecule has 394 valence electrons. The topological polar surface area (TPSA) is 179 Å². The SMILES string of the molecule is BrCc1cccc(CBr)n1.CCO.COCCO[C@@H]1C[C@@H](C(O)(c2ccccc2)c2ccccc2)N(Cc2cccc(CN3C[C@H](OCCOC)C[C@H]3C(O)(c3ccccc3)c3ccccc3)n2)C1.O=CO[O-].[H-].[K+].[K+]. The van der Waals surface area contributed by atoms with Crippen molar-refractivity contribution < 1.29 is 153 Å². The fraction of sp³-hybridized carbons (Fsp3) is 0.386. The van der Waals surface area contributed by atoms with Crippen LogP contribution >= 0.6 is 31.9 Å². The van der Waals surface area contributed by atoms with Crippen molar-refractivity contribution in [3.63, 3.8) is 0 Å². The van der Waals surface area contributed by atoms with Gasteiger partial charge in [0.1, 0.15) is 11.2 Å². The molecule has 8 rings (SSSR count). The minimum atomic E-state index is -1.29. The molecule has 0 unspecified atom stereocenters. The van der Waals surface area contributed by atoms with Gasteiger partial charge in [-0.3, -0.25) is 24.6 Å². The van der Waals surface area contributed by atoms with Gasteiger partial charge in [-0.25, -0.2) is 0 Å². The molecule has 2 saturated heterocycles. The maximum atomic E-state index is 12.9. The van der Waals surface area contributed by atoms with Crippen LogP contribution in [0.25, 0.3) is 0 Å². The van der Waals surface area contributed by atoms with Crippen molar-refractivity contribution in [1.82, 2.24) is 19.8 Å². The van der Waals surface area contributed by atoms with E-state index in [0.29, 0.717) is 65.4 Å². The first-order chi connectivity index (χ1) is 35.6. The zero-order valence-corrected chi connectivity index (χ0v) is 53.3. The second-order valence-electron chi connectivity index (χ2n) is 17.3. The molecule has 18 heteroatoms. The first-order valence-electron chi connectivity index (χ1n) is 24.3. The number of carbonyl (C=O) groups excluding carboxylic acids is 1. The van der Waals surface area contributed by atoms with E-state index in [4.69, 9.17) is 39.1 Å². The van der Waals surface area contributed by atoms with E-state index in [-0.39, 0.29) is 142 Å². The third-order valence-electron chi connectivity index (χ3n) is 12.6. The molecule has 6 aromatic rings. The molecule has 4 heterocycles. The van der Waals surface area contributed by atoms with E-state index in [1.165, 1.54) is 0 Å². The predicted molar refractivity (Wildman–Crippen MR) is 287 cm³/mol. The van der Waals surface area contributed by atoms with Gasteiger partial charge in [-0.1, -0.05) is 165 Å². The molecule has 2 fully saturated rings. The number of methoxy groups -OCH3 is 2. The molecule has 0 spiro atoms. The molecule has 14 nitrogen and oxygen atoms in total. The summed E-state index contributed by atoms with van der Waals surface area (Å²) in [6, 6.07) is 51.5.